The zero-order valence-corrected chi connectivity index (χ0v) is 6.93. The molecule has 0 amide bonds. The number of hydrogen-bond acceptors (Lipinski definition) is 3. The van der Waals surface area contributed by atoms with Gasteiger partial charge in [-0.15, -0.1) is 0 Å². The second kappa shape index (κ2) is 2.85. The molecule has 1 aromatic rings. The SMILES string of the molecule is O=c1ccn([C@@H]2C[C@@H]2CO)c(=O)[nH]1. The minimum Gasteiger partial charge on any atom is -0.396 e. The van der Waals surface area contributed by atoms with Crippen LogP contribution >= 0.6 is 0 Å². The maximum Gasteiger partial charge on any atom is 0.328 e. The van der Waals surface area contributed by atoms with Gasteiger partial charge in [0.1, 0.15) is 0 Å². The Hall–Kier alpha value is -1.36. The van der Waals surface area contributed by atoms with E-state index < -0.39 is 5.69 Å². The van der Waals surface area contributed by atoms with Gasteiger partial charge in [-0.3, -0.25) is 14.3 Å². The predicted octanol–water partition coefficient (Wildman–Crippen LogP) is -0.910. The van der Waals surface area contributed by atoms with Crippen molar-refractivity contribution in [2.45, 2.75) is 12.5 Å². The highest BCUT2D eigenvalue weighted by atomic mass is 16.3. The van der Waals surface area contributed by atoms with E-state index >= 15 is 0 Å². The summed E-state index contributed by atoms with van der Waals surface area (Å²) in [5.74, 6) is 0.170. The molecule has 0 bridgehead atoms. The summed E-state index contributed by atoms with van der Waals surface area (Å²) in [6.07, 6.45) is 2.28. The molecular weight excluding hydrogens is 172 g/mol. The Morgan fingerprint density at radius 2 is 2.38 bits per heavy atom. The van der Waals surface area contributed by atoms with Crippen LogP contribution in [0.5, 0.6) is 0 Å². The van der Waals surface area contributed by atoms with E-state index in [1.165, 1.54) is 16.8 Å². The van der Waals surface area contributed by atoms with E-state index in [-0.39, 0.29) is 24.1 Å². The predicted molar refractivity (Wildman–Crippen MR) is 45.6 cm³/mol. The zero-order chi connectivity index (χ0) is 9.42. The number of nitrogens with one attached hydrogen (secondary N) is 1. The Balaban J connectivity index is 2.33. The summed E-state index contributed by atoms with van der Waals surface area (Å²) >= 11 is 0. The highest BCUT2D eigenvalue weighted by Gasteiger charge is 2.38. The first-order valence-corrected chi connectivity index (χ1v) is 4.14. The second-order valence-electron chi connectivity index (χ2n) is 3.26. The van der Waals surface area contributed by atoms with Gasteiger partial charge in [0.2, 0.25) is 0 Å². The Morgan fingerprint density at radius 1 is 1.62 bits per heavy atom. The van der Waals surface area contributed by atoms with E-state index in [1.54, 1.807) is 0 Å². The fourth-order valence-electron chi connectivity index (χ4n) is 1.46. The first kappa shape index (κ1) is 8.25. The molecule has 1 saturated carbocycles. The lowest BCUT2D eigenvalue weighted by atomic mass is 10.4. The fourth-order valence-corrected chi connectivity index (χ4v) is 1.46. The molecule has 1 fully saturated rings. The number of aliphatic hydroxyl groups is 1. The van der Waals surface area contributed by atoms with Crippen molar-refractivity contribution in [3.63, 3.8) is 0 Å². The molecule has 5 heteroatoms. The van der Waals surface area contributed by atoms with Crippen LogP contribution in [0.4, 0.5) is 0 Å². The lowest BCUT2D eigenvalue weighted by molar-refractivity contribution is 0.268. The van der Waals surface area contributed by atoms with Crippen molar-refractivity contribution in [1.82, 2.24) is 9.55 Å². The number of aromatic nitrogens is 2. The summed E-state index contributed by atoms with van der Waals surface area (Å²) in [4.78, 5) is 24.1. The molecular formula is C8H10N2O3. The maximum absolute atomic E-state index is 11.2. The monoisotopic (exact) mass is 182 g/mol. The lowest BCUT2D eigenvalue weighted by Crippen LogP contribution is -2.28. The van der Waals surface area contributed by atoms with Crippen molar-refractivity contribution in [2.75, 3.05) is 6.61 Å². The lowest BCUT2D eigenvalue weighted by Gasteiger charge is -2.01. The van der Waals surface area contributed by atoms with Gasteiger partial charge in [-0.25, -0.2) is 4.79 Å². The van der Waals surface area contributed by atoms with E-state index in [9.17, 15) is 9.59 Å². The summed E-state index contributed by atoms with van der Waals surface area (Å²) in [6.45, 7) is 0.0935. The molecule has 1 aliphatic carbocycles. The third-order valence-corrected chi connectivity index (χ3v) is 2.33. The summed E-state index contributed by atoms with van der Waals surface area (Å²) in [7, 11) is 0. The minimum atomic E-state index is -0.395. The molecule has 0 aliphatic heterocycles. The molecule has 70 valence electrons. The van der Waals surface area contributed by atoms with Crippen molar-refractivity contribution in [3.8, 4) is 0 Å². The van der Waals surface area contributed by atoms with Crippen LogP contribution in [0.2, 0.25) is 0 Å². The van der Waals surface area contributed by atoms with Crippen LogP contribution in [-0.2, 0) is 0 Å². The van der Waals surface area contributed by atoms with Gasteiger partial charge < -0.3 is 5.11 Å². The molecule has 0 spiro atoms. The molecule has 1 heterocycles. The Kier molecular flexibility index (Phi) is 1.81. The molecule has 1 aromatic heterocycles. The third kappa shape index (κ3) is 1.42. The second-order valence-corrected chi connectivity index (χ2v) is 3.26. The van der Waals surface area contributed by atoms with E-state index in [1.807, 2.05) is 0 Å². The average Bonchev–Trinajstić information content (AvgIpc) is 2.83. The largest absolute Gasteiger partial charge is 0.396 e. The minimum absolute atomic E-state index is 0.0642. The molecule has 0 aromatic carbocycles. The van der Waals surface area contributed by atoms with Crippen LogP contribution in [0.3, 0.4) is 0 Å². The summed E-state index contributed by atoms with van der Waals surface area (Å²) < 4.78 is 1.46. The van der Waals surface area contributed by atoms with Crippen molar-refractivity contribution in [3.05, 3.63) is 33.1 Å². The maximum atomic E-state index is 11.2. The molecule has 2 N–H and O–H groups in total. The number of H-pyrrole nitrogens is 1. The third-order valence-electron chi connectivity index (χ3n) is 2.33. The number of hydrogen-bond donors (Lipinski definition) is 2. The molecule has 2 atom stereocenters. The standard InChI is InChI=1S/C8H10N2O3/c11-4-5-3-6(5)10-2-1-7(12)9-8(10)13/h1-2,5-6,11H,3-4H2,(H,9,12,13)/t5-,6-/m1/s1. The van der Waals surface area contributed by atoms with E-state index in [0.29, 0.717) is 0 Å². The number of aromatic amines is 1. The van der Waals surface area contributed by atoms with Crippen LogP contribution in [-0.4, -0.2) is 21.3 Å². The number of rotatable bonds is 2. The van der Waals surface area contributed by atoms with Gasteiger partial charge in [-0.2, -0.15) is 0 Å². The van der Waals surface area contributed by atoms with Crippen LogP contribution in [0, 0.1) is 5.92 Å². The summed E-state index contributed by atoms with van der Waals surface area (Å²) in [5, 5.41) is 8.80. The zero-order valence-electron chi connectivity index (χ0n) is 6.93. The molecule has 0 radical (unpaired) electrons. The van der Waals surface area contributed by atoms with Crippen LogP contribution in [0.25, 0.3) is 0 Å². The van der Waals surface area contributed by atoms with Gasteiger partial charge in [0.05, 0.1) is 0 Å². The molecule has 0 saturated heterocycles. The molecule has 5 nitrogen and oxygen atoms in total. The van der Waals surface area contributed by atoms with Gasteiger partial charge in [-0.05, 0) is 6.42 Å². The highest BCUT2D eigenvalue weighted by Crippen LogP contribution is 2.41. The normalized spacial score (nSPS) is 25.9. The average molecular weight is 182 g/mol. The van der Waals surface area contributed by atoms with Crippen LogP contribution in [0.15, 0.2) is 21.9 Å². The number of nitrogens with zero attached hydrogens (tertiary/aromatic N) is 1. The van der Waals surface area contributed by atoms with Gasteiger partial charge >= 0.3 is 5.69 Å². The Morgan fingerprint density at radius 3 is 2.92 bits per heavy atom. The molecule has 13 heavy (non-hydrogen) atoms. The Bertz CT molecular complexity index is 420. The van der Waals surface area contributed by atoms with Gasteiger partial charge in [0.15, 0.2) is 0 Å². The summed E-state index contributed by atoms with van der Waals surface area (Å²) in [6, 6.07) is 1.38. The van der Waals surface area contributed by atoms with E-state index in [0.717, 1.165) is 6.42 Å². The van der Waals surface area contributed by atoms with Gasteiger partial charge in [-0.1, -0.05) is 0 Å². The topological polar surface area (TPSA) is 75.1 Å². The quantitative estimate of drug-likeness (QED) is 0.621. The van der Waals surface area contributed by atoms with Crippen molar-refractivity contribution in [1.29, 1.82) is 0 Å². The summed E-state index contributed by atoms with van der Waals surface area (Å²) in [5.41, 5.74) is -0.782. The van der Waals surface area contributed by atoms with Crippen molar-refractivity contribution < 1.29 is 5.11 Å². The molecule has 2 rings (SSSR count). The smallest absolute Gasteiger partial charge is 0.328 e. The fraction of sp³-hybridized carbons (Fsp3) is 0.500. The first-order chi connectivity index (χ1) is 6.22. The Labute approximate surface area is 73.7 Å². The molecule has 1 aliphatic rings. The van der Waals surface area contributed by atoms with Crippen LogP contribution in [0.1, 0.15) is 12.5 Å². The van der Waals surface area contributed by atoms with Gasteiger partial charge in [0, 0.05) is 30.8 Å². The number of aliphatic hydroxyl groups excluding tert-OH is 1. The molecule has 0 unspecified atom stereocenters. The van der Waals surface area contributed by atoms with Crippen molar-refractivity contribution in [2.24, 2.45) is 5.92 Å². The highest BCUT2D eigenvalue weighted by molar-refractivity contribution is 4.96. The van der Waals surface area contributed by atoms with E-state index in [4.69, 9.17) is 5.11 Å². The first-order valence-electron chi connectivity index (χ1n) is 4.14. The van der Waals surface area contributed by atoms with E-state index in [2.05, 4.69) is 4.98 Å². The van der Waals surface area contributed by atoms with Gasteiger partial charge in [0.25, 0.3) is 5.56 Å². The van der Waals surface area contributed by atoms with Crippen LogP contribution < -0.4 is 11.2 Å². The van der Waals surface area contributed by atoms with Crippen molar-refractivity contribution >= 4 is 0 Å².